The molecule has 1 amide bonds. The second-order valence-electron chi connectivity index (χ2n) is 5.16. The van der Waals surface area contributed by atoms with Crippen LogP contribution < -0.4 is 15.6 Å². The van der Waals surface area contributed by atoms with Crippen molar-refractivity contribution >= 4 is 11.6 Å². The molecule has 7 heteroatoms. The topological polar surface area (TPSA) is 92.2 Å². The van der Waals surface area contributed by atoms with Crippen molar-refractivity contribution in [2.75, 3.05) is 6.61 Å². The Hall–Kier alpha value is -3.48. The Morgan fingerprint density at radius 2 is 2.16 bits per heavy atom. The summed E-state index contributed by atoms with van der Waals surface area (Å²) in [6.07, 6.45) is 1.53. The Kier molecular flexibility index (Phi) is 4.84. The zero-order valence-corrected chi connectivity index (χ0v) is 13.7. The molecule has 128 valence electrons. The highest BCUT2D eigenvalue weighted by Crippen LogP contribution is 2.22. The van der Waals surface area contributed by atoms with Crippen molar-refractivity contribution in [2.45, 2.75) is 6.92 Å². The Labute approximate surface area is 144 Å². The van der Waals surface area contributed by atoms with Crippen molar-refractivity contribution < 1.29 is 13.9 Å². The summed E-state index contributed by atoms with van der Waals surface area (Å²) in [5.41, 5.74) is 7.51. The van der Waals surface area contributed by atoms with Gasteiger partial charge in [-0.1, -0.05) is 18.7 Å². The molecule has 0 unspecified atom stereocenters. The molecule has 0 fully saturated rings. The number of furan rings is 1. The van der Waals surface area contributed by atoms with E-state index in [0.29, 0.717) is 29.5 Å². The lowest BCUT2D eigenvalue weighted by Crippen LogP contribution is -2.35. The van der Waals surface area contributed by atoms with Gasteiger partial charge in [0.15, 0.2) is 5.76 Å². The summed E-state index contributed by atoms with van der Waals surface area (Å²) in [6, 6.07) is 12.7. The maximum Gasteiger partial charge on any atom is 0.287 e. The van der Waals surface area contributed by atoms with Crippen LogP contribution in [0.3, 0.4) is 0 Å². The zero-order chi connectivity index (χ0) is 17.6. The first kappa shape index (κ1) is 16.4. The molecule has 0 radical (unpaired) electrons. The lowest BCUT2D eigenvalue weighted by atomic mass is 10.1. The second-order valence-corrected chi connectivity index (χ2v) is 5.16. The van der Waals surface area contributed by atoms with E-state index in [9.17, 15) is 4.79 Å². The van der Waals surface area contributed by atoms with Gasteiger partial charge in [0.25, 0.3) is 5.91 Å². The summed E-state index contributed by atoms with van der Waals surface area (Å²) in [5.74, 6) is 0.927. The van der Waals surface area contributed by atoms with Crippen LogP contribution in [0.15, 0.2) is 59.7 Å². The number of H-pyrrole nitrogens is 1. The molecular formula is C18H18N4O3. The van der Waals surface area contributed by atoms with Gasteiger partial charge in [-0.05, 0) is 37.3 Å². The van der Waals surface area contributed by atoms with Crippen LogP contribution >= 0.6 is 0 Å². The van der Waals surface area contributed by atoms with Crippen LogP contribution in [0.1, 0.15) is 23.2 Å². The second kappa shape index (κ2) is 7.39. The van der Waals surface area contributed by atoms with Crippen LogP contribution in [-0.4, -0.2) is 22.7 Å². The van der Waals surface area contributed by atoms with Crippen LogP contribution in [0.4, 0.5) is 0 Å². The molecule has 0 atom stereocenters. The number of hydrogen-bond acceptors (Lipinski definition) is 5. The number of hydrazine groups is 1. The van der Waals surface area contributed by atoms with E-state index in [0.717, 1.165) is 11.3 Å². The normalized spacial score (nSPS) is 10.3. The summed E-state index contributed by atoms with van der Waals surface area (Å²) in [5, 5.41) is 6.89. The van der Waals surface area contributed by atoms with E-state index >= 15 is 0 Å². The van der Waals surface area contributed by atoms with Gasteiger partial charge in [0.05, 0.1) is 24.3 Å². The highest BCUT2D eigenvalue weighted by atomic mass is 16.5. The van der Waals surface area contributed by atoms with Crippen molar-refractivity contribution in [1.29, 1.82) is 0 Å². The lowest BCUT2D eigenvalue weighted by Gasteiger charge is -2.07. The van der Waals surface area contributed by atoms with E-state index < -0.39 is 0 Å². The molecule has 0 aliphatic carbocycles. The zero-order valence-electron chi connectivity index (χ0n) is 13.7. The predicted octanol–water partition coefficient (Wildman–Crippen LogP) is 2.97. The van der Waals surface area contributed by atoms with Crippen molar-refractivity contribution in [3.63, 3.8) is 0 Å². The maximum atomic E-state index is 12.2. The first-order valence-electron chi connectivity index (χ1n) is 7.75. The number of ether oxygens (including phenoxy) is 1. The van der Waals surface area contributed by atoms with E-state index in [4.69, 9.17) is 9.15 Å². The molecular weight excluding hydrogens is 320 g/mol. The largest absolute Gasteiger partial charge is 0.494 e. The highest BCUT2D eigenvalue weighted by molar-refractivity contribution is 5.93. The summed E-state index contributed by atoms with van der Waals surface area (Å²) in [7, 11) is 0. The van der Waals surface area contributed by atoms with Gasteiger partial charge in [0, 0.05) is 5.56 Å². The van der Waals surface area contributed by atoms with Crippen LogP contribution in [0, 0.1) is 0 Å². The van der Waals surface area contributed by atoms with Gasteiger partial charge in [-0.3, -0.25) is 20.7 Å². The number of benzene rings is 1. The standard InChI is InChI=1S/C18H18N4O3/c1-3-24-14-7-4-6-13(10-14)15-11-16(21-20-15)18(23)22-19-12(2)17-8-5-9-25-17/h4-11,19H,2-3H2,1H3,(H,20,21)(H,22,23). The van der Waals surface area contributed by atoms with Gasteiger partial charge in [-0.15, -0.1) is 0 Å². The Balaban J connectivity index is 1.65. The van der Waals surface area contributed by atoms with E-state index in [1.54, 1.807) is 18.2 Å². The fourth-order valence-electron chi connectivity index (χ4n) is 2.21. The number of aromatic amines is 1. The fraction of sp³-hybridized carbons (Fsp3) is 0.111. The predicted molar refractivity (Wildman–Crippen MR) is 93.5 cm³/mol. The molecule has 0 aliphatic heterocycles. The number of rotatable bonds is 7. The number of amides is 1. The molecule has 3 N–H and O–H groups in total. The molecule has 0 saturated heterocycles. The molecule has 1 aromatic carbocycles. The molecule has 25 heavy (non-hydrogen) atoms. The third kappa shape index (κ3) is 3.89. The van der Waals surface area contributed by atoms with Gasteiger partial charge in [-0.2, -0.15) is 5.10 Å². The van der Waals surface area contributed by atoms with Crippen molar-refractivity contribution in [2.24, 2.45) is 0 Å². The third-order valence-electron chi connectivity index (χ3n) is 3.41. The molecule has 3 aromatic rings. The monoisotopic (exact) mass is 338 g/mol. The maximum absolute atomic E-state index is 12.2. The van der Waals surface area contributed by atoms with Crippen molar-refractivity contribution in [3.8, 4) is 17.0 Å². The lowest BCUT2D eigenvalue weighted by molar-refractivity contribution is 0.0937. The quantitative estimate of drug-likeness (QED) is 0.576. The van der Waals surface area contributed by atoms with Gasteiger partial charge in [0.1, 0.15) is 11.4 Å². The number of aromatic nitrogens is 2. The fourth-order valence-corrected chi connectivity index (χ4v) is 2.21. The van der Waals surface area contributed by atoms with E-state index in [1.807, 2.05) is 31.2 Å². The molecule has 3 rings (SSSR count). The van der Waals surface area contributed by atoms with Gasteiger partial charge in [-0.25, -0.2) is 0 Å². The summed E-state index contributed by atoms with van der Waals surface area (Å²) in [4.78, 5) is 12.2. The molecule has 0 saturated carbocycles. The number of nitrogens with zero attached hydrogens (tertiary/aromatic N) is 1. The minimum Gasteiger partial charge on any atom is -0.494 e. The average molecular weight is 338 g/mol. The molecule has 7 nitrogen and oxygen atoms in total. The van der Waals surface area contributed by atoms with Crippen molar-refractivity contribution in [1.82, 2.24) is 21.0 Å². The summed E-state index contributed by atoms with van der Waals surface area (Å²) >= 11 is 0. The number of nitrogens with one attached hydrogen (secondary N) is 3. The van der Waals surface area contributed by atoms with Gasteiger partial charge < -0.3 is 9.15 Å². The molecule has 2 aromatic heterocycles. The van der Waals surface area contributed by atoms with Crippen LogP contribution in [0.2, 0.25) is 0 Å². The average Bonchev–Trinajstić information content (AvgIpc) is 3.31. The number of hydrogen-bond donors (Lipinski definition) is 3. The minimum absolute atomic E-state index is 0.316. The van der Waals surface area contributed by atoms with E-state index in [-0.39, 0.29) is 5.91 Å². The van der Waals surface area contributed by atoms with Crippen LogP contribution in [0.5, 0.6) is 5.75 Å². The molecule has 0 spiro atoms. The molecule has 0 aliphatic rings. The smallest absolute Gasteiger partial charge is 0.287 e. The minimum atomic E-state index is -0.368. The Morgan fingerprint density at radius 1 is 1.28 bits per heavy atom. The SMILES string of the molecule is C=C(NNC(=O)c1cc(-c2cccc(OCC)c2)n[nH]1)c1ccco1. The summed E-state index contributed by atoms with van der Waals surface area (Å²) in [6.45, 7) is 6.29. The van der Waals surface area contributed by atoms with Crippen molar-refractivity contribution in [3.05, 3.63) is 66.8 Å². The van der Waals surface area contributed by atoms with Gasteiger partial charge >= 0.3 is 0 Å². The molecule has 0 bridgehead atoms. The third-order valence-corrected chi connectivity index (χ3v) is 3.41. The first-order chi connectivity index (χ1) is 12.2. The number of carbonyl (C=O) groups is 1. The number of carbonyl (C=O) groups excluding carboxylic acids is 1. The van der Waals surface area contributed by atoms with Gasteiger partial charge in [0.2, 0.25) is 0 Å². The van der Waals surface area contributed by atoms with E-state index in [1.165, 1.54) is 6.26 Å². The van der Waals surface area contributed by atoms with E-state index in [2.05, 4.69) is 27.6 Å². The van der Waals surface area contributed by atoms with Crippen LogP contribution in [0.25, 0.3) is 17.0 Å². The summed E-state index contributed by atoms with van der Waals surface area (Å²) < 4.78 is 10.7. The Bertz CT molecular complexity index is 868. The highest BCUT2D eigenvalue weighted by Gasteiger charge is 2.12. The first-order valence-corrected chi connectivity index (χ1v) is 7.75. The van der Waals surface area contributed by atoms with Crippen LogP contribution in [-0.2, 0) is 0 Å². The molecule has 2 heterocycles. The Morgan fingerprint density at radius 3 is 2.92 bits per heavy atom.